The molecule has 0 spiro atoms. The summed E-state index contributed by atoms with van der Waals surface area (Å²) in [5, 5.41) is 11.4. The number of nitriles is 1. The maximum absolute atomic E-state index is 13.0. The molecule has 0 unspecified atom stereocenters. The van der Waals surface area contributed by atoms with Gasteiger partial charge in [0.15, 0.2) is 0 Å². The van der Waals surface area contributed by atoms with Crippen molar-refractivity contribution in [3.8, 4) is 6.07 Å². The van der Waals surface area contributed by atoms with Crippen LogP contribution in [0.15, 0.2) is 18.2 Å². The van der Waals surface area contributed by atoms with Gasteiger partial charge in [0.05, 0.1) is 6.07 Å². The lowest BCUT2D eigenvalue weighted by Gasteiger charge is -2.39. The molecule has 3 nitrogen and oxygen atoms in total. The van der Waals surface area contributed by atoms with Gasteiger partial charge in [-0.15, -0.1) is 0 Å². The van der Waals surface area contributed by atoms with Crippen LogP contribution in [0.25, 0.3) is 0 Å². The van der Waals surface area contributed by atoms with E-state index in [0.717, 1.165) is 18.2 Å². The number of nitrogens with zero attached hydrogens (tertiary/aromatic N) is 1. The molecule has 0 atom stereocenters. The standard InChI is InChI=1S/C13H12F2N2O/c1-8-5-13(6-8,7-16)12(18)17-11-3-9(14)2-10(15)4-11/h2-4,8H,5-6H2,1H3,(H,17,18). The number of amides is 1. The molecule has 94 valence electrons. The Morgan fingerprint density at radius 1 is 1.39 bits per heavy atom. The normalized spacial score (nSPS) is 26.0. The second kappa shape index (κ2) is 4.37. The highest BCUT2D eigenvalue weighted by molar-refractivity contribution is 5.97. The molecule has 0 aromatic heterocycles. The van der Waals surface area contributed by atoms with E-state index in [-0.39, 0.29) is 5.69 Å². The molecule has 1 aliphatic rings. The summed E-state index contributed by atoms with van der Waals surface area (Å²) in [5.41, 5.74) is -1.02. The molecule has 0 bridgehead atoms. The third-order valence-electron chi connectivity index (χ3n) is 3.16. The van der Waals surface area contributed by atoms with Crippen LogP contribution in [-0.2, 0) is 4.79 Å². The summed E-state index contributed by atoms with van der Waals surface area (Å²) in [4.78, 5) is 11.9. The Balaban J connectivity index is 2.14. The smallest absolute Gasteiger partial charge is 0.244 e. The van der Waals surface area contributed by atoms with Gasteiger partial charge in [0.2, 0.25) is 5.91 Å². The zero-order valence-electron chi connectivity index (χ0n) is 9.84. The van der Waals surface area contributed by atoms with Crippen molar-refractivity contribution in [1.29, 1.82) is 5.26 Å². The summed E-state index contributed by atoms with van der Waals surface area (Å²) in [6.45, 7) is 1.95. The Labute approximate surface area is 103 Å². The lowest BCUT2D eigenvalue weighted by molar-refractivity contribution is -0.128. The van der Waals surface area contributed by atoms with Gasteiger partial charge in [-0.2, -0.15) is 5.26 Å². The third kappa shape index (κ3) is 2.19. The zero-order valence-corrected chi connectivity index (χ0v) is 9.84. The average molecular weight is 250 g/mol. The van der Waals surface area contributed by atoms with Crippen molar-refractivity contribution in [3.63, 3.8) is 0 Å². The summed E-state index contributed by atoms with van der Waals surface area (Å²) in [5.74, 6) is -1.70. The van der Waals surface area contributed by atoms with Crippen LogP contribution in [0.3, 0.4) is 0 Å². The molecule has 1 aromatic carbocycles. The molecule has 1 aliphatic carbocycles. The minimum atomic E-state index is -1.05. The van der Waals surface area contributed by atoms with Crippen LogP contribution in [0.2, 0.25) is 0 Å². The van der Waals surface area contributed by atoms with Gasteiger partial charge in [-0.3, -0.25) is 4.79 Å². The molecule has 5 heteroatoms. The fraction of sp³-hybridized carbons (Fsp3) is 0.385. The van der Waals surface area contributed by atoms with E-state index in [1.165, 1.54) is 0 Å². The molecular weight excluding hydrogens is 238 g/mol. The van der Waals surface area contributed by atoms with E-state index in [4.69, 9.17) is 5.26 Å². The fourth-order valence-corrected chi connectivity index (χ4v) is 2.33. The van der Waals surface area contributed by atoms with Crippen LogP contribution < -0.4 is 5.32 Å². The van der Waals surface area contributed by atoms with Crippen molar-refractivity contribution >= 4 is 11.6 Å². The molecule has 1 aromatic rings. The first-order valence-electron chi connectivity index (χ1n) is 5.64. The maximum atomic E-state index is 13.0. The Hall–Kier alpha value is -1.96. The van der Waals surface area contributed by atoms with E-state index in [0.29, 0.717) is 18.8 Å². The number of hydrogen-bond donors (Lipinski definition) is 1. The summed E-state index contributed by atoms with van der Waals surface area (Å²) in [7, 11) is 0. The number of rotatable bonds is 2. The highest BCUT2D eigenvalue weighted by Gasteiger charge is 2.48. The highest BCUT2D eigenvalue weighted by Crippen LogP contribution is 2.45. The van der Waals surface area contributed by atoms with Crippen molar-refractivity contribution in [3.05, 3.63) is 29.8 Å². The van der Waals surface area contributed by atoms with E-state index in [2.05, 4.69) is 5.32 Å². The van der Waals surface area contributed by atoms with Crippen molar-refractivity contribution in [2.45, 2.75) is 19.8 Å². The first-order valence-corrected chi connectivity index (χ1v) is 5.64. The average Bonchev–Trinajstić information content (AvgIpc) is 2.22. The maximum Gasteiger partial charge on any atom is 0.244 e. The molecule has 1 fully saturated rings. The van der Waals surface area contributed by atoms with E-state index in [9.17, 15) is 13.6 Å². The quantitative estimate of drug-likeness (QED) is 0.877. The fourth-order valence-electron chi connectivity index (χ4n) is 2.33. The first kappa shape index (κ1) is 12.5. The Bertz CT molecular complexity index is 510. The van der Waals surface area contributed by atoms with Crippen LogP contribution in [0.4, 0.5) is 14.5 Å². The minimum Gasteiger partial charge on any atom is -0.324 e. The third-order valence-corrected chi connectivity index (χ3v) is 3.16. The molecule has 0 heterocycles. The van der Waals surface area contributed by atoms with E-state index in [1.54, 1.807) is 0 Å². The van der Waals surface area contributed by atoms with E-state index in [1.807, 2.05) is 13.0 Å². The summed E-state index contributed by atoms with van der Waals surface area (Å²) in [6.07, 6.45) is 0.959. The molecule has 0 saturated heterocycles. The van der Waals surface area contributed by atoms with Gasteiger partial charge < -0.3 is 5.32 Å². The Kier molecular flexibility index (Phi) is 3.04. The number of halogens is 2. The van der Waals surface area contributed by atoms with Gasteiger partial charge in [-0.1, -0.05) is 6.92 Å². The summed E-state index contributed by atoms with van der Waals surface area (Å²) < 4.78 is 25.9. The molecular formula is C13H12F2N2O. The Morgan fingerprint density at radius 3 is 2.39 bits per heavy atom. The number of carbonyl (C=O) groups is 1. The first-order chi connectivity index (χ1) is 8.45. The predicted molar refractivity (Wildman–Crippen MR) is 61.4 cm³/mol. The SMILES string of the molecule is CC1CC(C#N)(C(=O)Nc2cc(F)cc(F)c2)C1. The van der Waals surface area contributed by atoms with E-state index >= 15 is 0 Å². The summed E-state index contributed by atoms with van der Waals surface area (Å²) >= 11 is 0. The van der Waals surface area contributed by atoms with E-state index < -0.39 is 23.0 Å². The van der Waals surface area contributed by atoms with Crippen molar-refractivity contribution in [2.75, 3.05) is 5.32 Å². The molecule has 0 aliphatic heterocycles. The monoisotopic (exact) mass is 250 g/mol. The highest BCUT2D eigenvalue weighted by atomic mass is 19.1. The number of nitrogens with one attached hydrogen (secondary N) is 1. The molecule has 2 rings (SSSR count). The second-order valence-corrected chi connectivity index (χ2v) is 4.82. The van der Waals surface area contributed by atoms with Crippen LogP contribution in [0.5, 0.6) is 0 Å². The molecule has 1 saturated carbocycles. The van der Waals surface area contributed by atoms with Gasteiger partial charge in [-0.05, 0) is 30.9 Å². The lowest BCUT2D eigenvalue weighted by atomic mass is 9.63. The van der Waals surface area contributed by atoms with Crippen molar-refractivity contribution in [2.24, 2.45) is 11.3 Å². The van der Waals surface area contributed by atoms with Gasteiger partial charge >= 0.3 is 0 Å². The predicted octanol–water partition coefficient (Wildman–Crippen LogP) is 2.84. The van der Waals surface area contributed by atoms with Crippen molar-refractivity contribution in [1.82, 2.24) is 0 Å². The Morgan fingerprint density at radius 2 is 1.94 bits per heavy atom. The van der Waals surface area contributed by atoms with Gasteiger partial charge in [-0.25, -0.2) is 8.78 Å². The molecule has 1 N–H and O–H groups in total. The summed E-state index contributed by atoms with van der Waals surface area (Å²) in [6, 6.07) is 4.76. The van der Waals surface area contributed by atoms with Gasteiger partial charge in [0.25, 0.3) is 0 Å². The lowest BCUT2D eigenvalue weighted by Crippen LogP contribution is -2.45. The zero-order chi connectivity index (χ0) is 13.3. The molecule has 18 heavy (non-hydrogen) atoms. The largest absolute Gasteiger partial charge is 0.324 e. The van der Waals surface area contributed by atoms with Crippen LogP contribution in [0.1, 0.15) is 19.8 Å². The number of anilines is 1. The topological polar surface area (TPSA) is 52.9 Å². The number of hydrogen-bond acceptors (Lipinski definition) is 2. The van der Waals surface area contributed by atoms with Crippen molar-refractivity contribution < 1.29 is 13.6 Å². The van der Waals surface area contributed by atoms with Crippen LogP contribution in [-0.4, -0.2) is 5.91 Å². The van der Waals surface area contributed by atoms with Gasteiger partial charge in [0.1, 0.15) is 17.0 Å². The van der Waals surface area contributed by atoms with Gasteiger partial charge in [0, 0.05) is 11.8 Å². The number of benzene rings is 1. The van der Waals surface area contributed by atoms with Crippen LogP contribution in [0, 0.1) is 34.3 Å². The van der Waals surface area contributed by atoms with Crippen LogP contribution >= 0.6 is 0 Å². The second-order valence-electron chi connectivity index (χ2n) is 4.82. The minimum absolute atomic E-state index is 0.0340. The number of carbonyl (C=O) groups excluding carboxylic acids is 1. The molecule has 1 amide bonds. The molecule has 0 radical (unpaired) electrons.